The highest BCUT2D eigenvalue weighted by Crippen LogP contribution is 2.24. The van der Waals surface area contributed by atoms with Crippen molar-refractivity contribution in [3.05, 3.63) is 5.69 Å². The van der Waals surface area contributed by atoms with Crippen molar-refractivity contribution >= 4 is 17.5 Å². The maximum absolute atomic E-state index is 4.59. The Morgan fingerprint density at radius 1 is 1.32 bits per heavy atom. The molecule has 0 aliphatic carbocycles. The molecular weight excluding hydrogens is 262 g/mol. The van der Waals surface area contributed by atoms with E-state index in [1.54, 1.807) is 0 Å². The molecule has 8 heteroatoms. The molecule has 2 aromatic rings. The van der Waals surface area contributed by atoms with Gasteiger partial charge in [0.2, 0.25) is 5.95 Å². The third-order valence-corrected chi connectivity index (χ3v) is 3.98. The topological polar surface area (TPSA) is 82.6 Å². The highest BCUT2D eigenvalue weighted by molar-refractivity contribution is 7.09. The quantitative estimate of drug-likeness (QED) is 0.860. The summed E-state index contributed by atoms with van der Waals surface area (Å²) in [5, 5.41) is 14.8. The molecule has 0 spiro atoms. The zero-order valence-corrected chi connectivity index (χ0v) is 11.7. The Labute approximate surface area is 115 Å². The van der Waals surface area contributed by atoms with Gasteiger partial charge in [-0.3, -0.25) is 5.10 Å². The van der Waals surface area contributed by atoms with Crippen LogP contribution in [0.5, 0.6) is 0 Å². The van der Waals surface area contributed by atoms with Crippen LogP contribution >= 0.6 is 11.5 Å². The van der Waals surface area contributed by atoms with E-state index in [2.05, 4.69) is 41.9 Å². The minimum Gasteiger partial charge on any atom is -0.338 e. The molecule has 7 nitrogen and oxygen atoms in total. The molecule has 19 heavy (non-hydrogen) atoms. The van der Waals surface area contributed by atoms with Gasteiger partial charge in [0, 0.05) is 19.6 Å². The first-order chi connectivity index (χ1) is 9.38. The Bertz CT molecular complexity index is 527. The number of hydrogen-bond acceptors (Lipinski definition) is 7. The van der Waals surface area contributed by atoms with Gasteiger partial charge in [0.25, 0.3) is 0 Å². The lowest BCUT2D eigenvalue weighted by Crippen LogP contribution is -2.28. The number of hydrogen-bond donors (Lipinski definition) is 2. The number of H-pyrrole nitrogens is 1. The molecule has 1 aliphatic rings. The summed E-state index contributed by atoms with van der Waals surface area (Å²) in [4.78, 5) is 7.79. The van der Waals surface area contributed by atoms with Crippen LogP contribution in [-0.4, -0.2) is 50.9 Å². The van der Waals surface area contributed by atoms with Crippen LogP contribution in [0.25, 0.3) is 10.7 Å². The number of nitrogens with one attached hydrogen (secondary N) is 2. The molecule has 0 amide bonds. The van der Waals surface area contributed by atoms with Crippen LogP contribution in [0.15, 0.2) is 0 Å². The summed E-state index contributed by atoms with van der Waals surface area (Å²) in [7, 11) is 0. The molecule has 0 saturated carbocycles. The van der Waals surface area contributed by atoms with Gasteiger partial charge in [0.1, 0.15) is 4.88 Å². The van der Waals surface area contributed by atoms with E-state index in [9.17, 15) is 0 Å². The lowest BCUT2D eigenvalue weighted by atomic mass is 10.3. The molecule has 0 radical (unpaired) electrons. The SMILES string of the molecule is CCc1nnsc1-c1nc(N2CCCNCC2)n[nH]1. The van der Waals surface area contributed by atoms with E-state index < -0.39 is 0 Å². The molecule has 1 saturated heterocycles. The van der Waals surface area contributed by atoms with Crippen molar-refractivity contribution in [1.82, 2.24) is 30.1 Å². The number of anilines is 1. The lowest BCUT2D eigenvalue weighted by Gasteiger charge is -2.16. The summed E-state index contributed by atoms with van der Waals surface area (Å²) < 4.78 is 3.99. The zero-order chi connectivity index (χ0) is 13.1. The number of rotatable bonds is 3. The van der Waals surface area contributed by atoms with E-state index in [1.807, 2.05) is 0 Å². The number of aromatic nitrogens is 5. The van der Waals surface area contributed by atoms with Crippen molar-refractivity contribution in [2.24, 2.45) is 0 Å². The molecule has 0 bridgehead atoms. The summed E-state index contributed by atoms with van der Waals surface area (Å²) in [6, 6.07) is 0. The highest BCUT2D eigenvalue weighted by atomic mass is 32.1. The van der Waals surface area contributed by atoms with Gasteiger partial charge in [-0.15, -0.1) is 10.2 Å². The average molecular weight is 279 g/mol. The fraction of sp³-hybridized carbons (Fsp3) is 0.636. The minimum absolute atomic E-state index is 0.772. The molecule has 2 aromatic heterocycles. The second-order valence-corrected chi connectivity index (χ2v) is 5.23. The van der Waals surface area contributed by atoms with E-state index in [-0.39, 0.29) is 0 Å². The van der Waals surface area contributed by atoms with Gasteiger partial charge in [-0.1, -0.05) is 11.4 Å². The maximum Gasteiger partial charge on any atom is 0.245 e. The van der Waals surface area contributed by atoms with Crippen LogP contribution in [0.1, 0.15) is 19.0 Å². The number of aryl methyl sites for hydroxylation is 1. The van der Waals surface area contributed by atoms with Crippen molar-refractivity contribution in [3.63, 3.8) is 0 Å². The molecule has 0 atom stereocenters. The van der Waals surface area contributed by atoms with E-state index in [1.165, 1.54) is 11.5 Å². The number of aromatic amines is 1. The van der Waals surface area contributed by atoms with E-state index in [4.69, 9.17) is 0 Å². The summed E-state index contributed by atoms with van der Waals surface area (Å²) in [5.41, 5.74) is 0.977. The molecule has 1 aliphatic heterocycles. The smallest absolute Gasteiger partial charge is 0.245 e. The van der Waals surface area contributed by atoms with E-state index in [0.29, 0.717) is 0 Å². The fourth-order valence-electron chi connectivity index (χ4n) is 2.16. The van der Waals surface area contributed by atoms with Gasteiger partial charge in [0.15, 0.2) is 5.82 Å². The van der Waals surface area contributed by atoms with E-state index >= 15 is 0 Å². The van der Waals surface area contributed by atoms with Gasteiger partial charge in [0.05, 0.1) is 5.69 Å². The average Bonchev–Trinajstić information content (AvgIpc) is 3.01. The minimum atomic E-state index is 0.772. The first-order valence-corrected chi connectivity index (χ1v) is 7.35. The molecule has 102 valence electrons. The lowest BCUT2D eigenvalue weighted by molar-refractivity contribution is 0.724. The predicted octanol–water partition coefficient (Wildman–Crippen LogP) is 0.685. The summed E-state index contributed by atoms with van der Waals surface area (Å²) in [5.74, 6) is 1.55. The highest BCUT2D eigenvalue weighted by Gasteiger charge is 2.17. The first-order valence-electron chi connectivity index (χ1n) is 6.58. The van der Waals surface area contributed by atoms with Crippen molar-refractivity contribution < 1.29 is 0 Å². The summed E-state index contributed by atoms with van der Waals surface area (Å²) in [6.07, 6.45) is 1.97. The Morgan fingerprint density at radius 3 is 3.16 bits per heavy atom. The largest absolute Gasteiger partial charge is 0.338 e. The van der Waals surface area contributed by atoms with Crippen molar-refractivity contribution in [1.29, 1.82) is 0 Å². The monoisotopic (exact) mass is 279 g/mol. The third-order valence-electron chi connectivity index (χ3n) is 3.20. The van der Waals surface area contributed by atoms with Crippen LogP contribution in [-0.2, 0) is 6.42 Å². The molecule has 3 heterocycles. The summed E-state index contributed by atoms with van der Waals surface area (Å²) in [6.45, 7) is 6.04. The Kier molecular flexibility index (Phi) is 3.69. The van der Waals surface area contributed by atoms with Crippen LogP contribution in [0.4, 0.5) is 5.95 Å². The van der Waals surface area contributed by atoms with Crippen LogP contribution < -0.4 is 10.2 Å². The third kappa shape index (κ3) is 2.59. The van der Waals surface area contributed by atoms with Crippen LogP contribution in [0.3, 0.4) is 0 Å². The summed E-state index contributed by atoms with van der Waals surface area (Å²) >= 11 is 1.37. The van der Waals surface area contributed by atoms with Crippen LogP contribution in [0, 0.1) is 0 Å². The Morgan fingerprint density at radius 2 is 2.26 bits per heavy atom. The molecular formula is C11H17N7S. The fourth-order valence-corrected chi connectivity index (χ4v) is 2.85. The predicted molar refractivity (Wildman–Crippen MR) is 74.4 cm³/mol. The molecule has 0 aromatic carbocycles. The molecule has 1 fully saturated rings. The van der Waals surface area contributed by atoms with Gasteiger partial charge in [-0.05, 0) is 30.9 Å². The maximum atomic E-state index is 4.59. The Hall–Kier alpha value is -1.54. The normalized spacial score (nSPS) is 16.6. The van der Waals surface area contributed by atoms with Gasteiger partial charge in [-0.25, -0.2) is 0 Å². The molecule has 0 unspecified atom stereocenters. The van der Waals surface area contributed by atoms with Gasteiger partial charge < -0.3 is 10.2 Å². The van der Waals surface area contributed by atoms with Crippen molar-refractivity contribution in [2.45, 2.75) is 19.8 Å². The zero-order valence-electron chi connectivity index (χ0n) is 10.9. The first kappa shape index (κ1) is 12.5. The van der Waals surface area contributed by atoms with Gasteiger partial charge >= 0.3 is 0 Å². The van der Waals surface area contributed by atoms with Gasteiger partial charge in [-0.2, -0.15) is 4.98 Å². The van der Waals surface area contributed by atoms with Crippen molar-refractivity contribution in [2.75, 3.05) is 31.1 Å². The Balaban J connectivity index is 1.82. The second-order valence-electron chi connectivity index (χ2n) is 4.48. The standard InChI is InChI=1S/C11H17N7S/c1-2-8-9(19-17-14-8)10-13-11(16-15-10)18-6-3-4-12-5-7-18/h12H,2-7H2,1H3,(H,13,15,16). The van der Waals surface area contributed by atoms with Crippen molar-refractivity contribution in [3.8, 4) is 10.7 Å². The van der Waals surface area contributed by atoms with Crippen LogP contribution in [0.2, 0.25) is 0 Å². The second kappa shape index (κ2) is 5.62. The number of nitrogens with zero attached hydrogens (tertiary/aromatic N) is 5. The molecule has 2 N–H and O–H groups in total. The molecule has 3 rings (SSSR count). The van der Waals surface area contributed by atoms with E-state index in [0.717, 1.165) is 61.4 Å².